The zero-order valence-corrected chi connectivity index (χ0v) is 13.3. The summed E-state index contributed by atoms with van der Waals surface area (Å²) < 4.78 is 6.05. The van der Waals surface area contributed by atoms with Crippen molar-refractivity contribution in [2.45, 2.75) is 56.8 Å². The summed E-state index contributed by atoms with van der Waals surface area (Å²) in [5.74, 6) is 0.867. The number of fused-ring (bicyclic) bond motifs is 1. The number of carbonyl (C=O) groups is 1. The van der Waals surface area contributed by atoms with Gasteiger partial charge < -0.3 is 15.2 Å². The fourth-order valence-electron chi connectivity index (χ4n) is 3.76. The first-order chi connectivity index (χ1) is 11.2. The number of aryl methyl sites for hydroxylation is 1. The monoisotopic (exact) mass is 316 g/mol. The molecule has 1 saturated heterocycles. The minimum Gasteiger partial charge on any atom is -0.488 e. The van der Waals surface area contributed by atoms with Crippen molar-refractivity contribution < 1.29 is 14.6 Å². The van der Waals surface area contributed by atoms with E-state index < -0.39 is 6.10 Å². The number of anilines is 1. The quantitative estimate of drug-likeness (QED) is 0.894. The maximum Gasteiger partial charge on any atom is 0.224 e. The molecule has 2 atom stereocenters. The first kappa shape index (κ1) is 15.0. The van der Waals surface area contributed by atoms with Crippen LogP contribution in [0.3, 0.4) is 0 Å². The summed E-state index contributed by atoms with van der Waals surface area (Å²) in [6.07, 6.45) is 5.44. The number of amides is 1. The molecular formula is C18H24N2O3. The lowest BCUT2D eigenvalue weighted by atomic mass is 9.89. The summed E-state index contributed by atoms with van der Waals surface area (Å²) in [5.41, 5.74) is 2.00. The summed E-state index contributed by atoms with van der Waals surface area (Å²) in [4.78, 5) is 13.8. The van der Waals surface area contributed by atoms with Crippen LogP contribution in [-0.4, -0.2) is 47.3 Å². The first-order valence-corrected chi connectivity index (χ1v) is 8.70. The van der Waals surface area contributed by atoms with Crippen LogP contribution in [0.2, 0.25) is 0 Å². The molecule has 1 aromatic rings. The van der Waals surface area contributed by atoms with Gasteiger partial charge in [-0.1, -0.05) is 6.42 Å². The molecule has 2 N–H and O–H groups in total. The number of piperidine rings is 1. The predicted molar refractivity (Wildman–Crippen MR) is 87.6 cm³/mol. The van der Waals surface area contributed by atoms with E-state index in [-0.39, 0.29) is 12.0 Å². The minimum atomic E-state index is -0.430. The summed E-state index contributed by atoms with van der Waals surface area (Å²) >= 11 is 0. The third-order valence-electron chi connectivity index (χ3n) is 5.40. The van der Waals surface area contributed by atoms with Crippen molar-refractivity contribution in [1.29, 1.82) is 0 Å². The highest BCUT2D eigenvalue weighted by Gasteiger charge is 2.34. The third-order valence-corrected chi connectivity index (χ3v) is 5.40. The van der Waals surface area contributed by atoms with Crippen LogP contribution in [0, 0.1) is 0 Å². The van der Waals surface area contributed by atoms with Crippen LogP contribution in [0.5, 0.6) is 5.75 Å². The van der Waals surface area contributed by atoms with E-state index >= 15 is 0 Å². The van der Waals surface area contributed by atoms with E-state index in [1.807, 2.05) is 18.2 Å². The van der Waals surface area contributed by atoms with Crippen LogP contribution >= 0.6 is 0 Å². The third kappa shape index (κ3) is 3.08. The molecule has 0 unspecified atom stereocenters. The molecule has 4 rings (SSSR count). The number of β-amino-alcohol motifs (C(OH)–C–C–N with tert-alkyl or cyclic N) is 1. The molecule has 0 aromatic heterocycles. The predicted octanol–water partition coefficient (Wildman–Crippen LogP) is 1.94. The van der Waals surface area contributed by atoms with Crippen LogP contribution in [0.4, 0.5) is 5.69 Å². The molecule has 5 nitrogen and oxygen atoms in total. The standard InChI is InChI=1S/C18H24N2O3/c21-16-11-20(13-2-1-3-13)9-8-17(16)23-14-5-6-15-12(10-14)4-7-18(22)19-15/h5-6,10,13,16-17,21H,1-4,7-9,11H2,(H,19,22)/t16-,17-/m1/s1. The molecule has 1 aromatic carbocycles. The Morgan fingerprint density at radius 3 is 2.83 bits per heavy atom. The second kappa shape index (κ2) is 6.13. The van der Waals surface area contributed by atoms with Gasteiger partial charge in [0.1, 0.15) is 18.0 Å². The van der Waals surface area contributed by atoms with E-state index in [1.54, 1.807) is 0 Å². The highest BCUT2D eigenvalue weighted by atomic mass is 16.5. The van der Waals surface area contributed by atoms with Crippen molar-refractivity contribution in [3.8, 4) is 5.75 Å². The number of aliphatic hydroxyl groups excluding tert-OH is 1. The van der Waals surface area contributed by atoms with E-state index in [1.165, 1.54) is 19.3 Å². The van der Waals surface area contributed by atoms with E-state index in [0.29, 0.717) is 12.5 Å². The Labute approximate surface area is 136 Å². The van der Waals surface area contributed by atoms with E-state index in [4.69, 9.17) is 4.74 Å². The molecule has 0 radical (unpaired) electrons. The number of nitrogens with one attached hydrogen (secondary N) is 1. The number of aliphatic hydroxyl groups is 1. The zero-order chi connectivity index (χ0) is 15.8. The number of nitrogens with zero attached hydrogens (tertiary/aromatic N) is 1. The maximum absolute atomic E-state index is 11.4. The van der Waals surface area contributed by atoms with E-state index in [2.05, 4.69) is 10.2 Å². The van der Waals surface area contributed by atoms with Crippen molar-refractivity contribution in [3.05, 3.63) is 23.8 Å². The number of carbonyl (C=O) groups excluding carboxylic acids is 1. The summed E-state index contributed by atoms with van der Waals surface area (Å²) in [7, 11) is 0. The fraction of sp³-hybridized carbons (Fsp3) is 0.611. The average molecular weight is 316 g/mol. The molecule has 0 bridgehead atoms. The molecule has 3 aliphatic rings. The molecule has 2 heterocycles. The van der Waals surface area contributed by atoms with Crippen molar-refractivity contribution in [1.82, 2.24) is 4.90 Å². The summed E-state index contributed by atoms with van der Waals surface area (Å²) in [5, 5.41) is 13.3. The summed E-state index contributed by atoms with van der Waals surface area (Å²) in [6, 6.07) is 6.46. The number of likely N-dealkylation sites (tertiary alicyclic amines) is 1. The van der Waals surface area contributed by atoms with Gasteiger partial charge in [-0.25, -0.2) is 0 Å². The smallest absolute Gasteiger partial charge is 0.224 e. The van der Waals surface area contributed by atoms with Crippen LogP contribution in [0.25, 0.3) is 0 Å². The minimum absolute atomic E-state index is 0.0740. The van der Waals surface area contributed by atoms with Gasteiger partial charge in [-0.3, -0.25) is 9.69 Å². The zero-order valence-electron chi connectivity index (χ0n) is 13.3. The van der Waals surface area contributed by atoms with E-state index in [9.17, 15) is 9.90 Å². The van der Waals surface area contributed by atoms with Crippen molar-refractivity contribution in [2.24, 2.45) is 0 Å². The van der Waals surface area contributed by atoms with Crippen LogP contribution in [-0.2, 0) is 11.2 Å². The summed E-state index contributed by atoms with van der Waals surface area (Å²) in [6.45, 7) is 1.73. The maximum atomic E-state index is 11.4. The van der Waals surface area contributed by atoms with Gasteiger partial charge >= 0.3 is 0 Å². The molecule has 2 fully saturated rings. The van der Waals surface area contributed by atoms with Crippen LogP contribution in [0.15, 0.2) is 18.2 Å². The molecule has 1 aliphatic carbocycles. The number of hydrogen-bond donors (Lipinski definition) is 2. The molecule has 0 spiro atoms. The highest BCUT2D eigenvalue weighted by molar-refractivity contribution is 5.93. The van der Waals surface area contributed by atoms with Gasteiger partial charge in [0.05, 0.1) is 0 Å². The Kier molecular flexibility index (Phi) is 3.99. The molecule has 124 valence electrons. The van der Waals surface area contributed by atoms with Crippen LogP contribution < -0.4 is 10.1 Å². The molecule has 1 saturated carbocycles. The van der Waals surface area contributed by atoms with Gasteiger partial charge in [0.2, 0.25) is 5.91 Å². The Bertz CT molecular complexity index is 600. The SMILES string of the molecule is O=C1CCc2cc(O[C@@H]3CCN(C4CCC4)C[C@H]3O)ccc2N1. The second-order valence-corrected chi connectivity index (χ2v) is 6.96. The number of hydrogen-bond acceptors (Lipinski definition) is 4. The Hall–Kier alpha value is -1.59. The first-order valence-electron chi connectivity index (χ1n) is 8.70. The van der Waals surface area contributed by atoms with Crippen molar-refractivity contribution in [2.75, 3.05) is 18.4 Å². The Morgan fingerprint density at radius 1 is 1.22 bits per heavy atom. The van der Waals surface area contributed by atoms with E-state index in [0.717, 1.165) is 42.9 Å². The normalized spacial score (nSPS) is 28.7. The molecule has 23 heavy (non-hydrogen) atoms. The van der Waals surface area contributed by atoms with Crippen molar-refractivity contribution in [3.63, 3.8) is 0 Å². The lowest BCUT2D eigenvalue weighted by molar-refractivity contribution is -0.116. The second-order valence-electron chi connectivity index (χ2n) is 6.96. The largest absolute Gasteiger partial charge is 0.488 e. The van der Waals surface area contributed by atoms with Gasteiger partial charge in [-0.05, 0) is 49.4 Å². The Morgan fingerprint density at radius 2 is 2.09 bits per heavy atom. The Balaban J connectivity index is 1.39. The molecular weight excluding hydrogens is 292 g/mol. The van der Waals surface area contributed by atoms with Gasteiger partial charge in [0, 0.05) is 31.2 Å². The fourth-order valence-corrected chi connectivity index (χ4v) is 3.76. The lowest BCUT2D eigenvalue weighted by Crippen LogP contribution is -2.53. The topological polar surface area (TPSA) is 61.8 Å². The number of benzene rings is 1. The average Bonchev–Trinajstić information content (AvgIpc) is 2.48. The van der Waals surface area contributed by atoms with Gasteiger partial charge in [-0.2, -0.15) is 0 Å². The number of rotatable bonds is 3. The van der Waals surface area contributed by atoms with Gasteiger partial charge in [0.25, 0.3) is 0 Å². The van der Waals surface area contributed by atoms with Gasteiger partial charge in [-0.15, -0.1) is 0 Å². The van der Waals surface area contributed by atoms with Crippen LogP contribution in [0.1, 0.15) is 37.7 Å². The molecule has 2 aliphatic heterocycles. The highest BCUT2D eigenvalue weighted by Crippen LogP contribution is 2.31. The number of ether oxygens (including phenoxy) is 1. The molecule has 1 amide bonds. The molecule has 5 heteroatoms. The van der Waals surface area contributed by atoms with Gasteiger partial charge in [0.15, 0.2) is 0 Å². The lowest BCUT2D eigenvalue weighted by Gasteiger charge is -2.43. The van der Waals surface area contributed by atoms with Crippen molar-refractivity contribution >= 4 is 11.6 Å².